The second kappa shape index (κ2) is 6.98. The number of carbonyl (C=O) groups excluding carboxylic acids is 2. The van der Waals surface area contributed by atoms with Crippen LogP contribution in [-0.2, 0) is 4.79 Å². The first kappa shape index (κ1) is 17.5. The van der Waals surface area contributed by atoms with E-state index in [4.69, 9.17) is 0 Å². The Hall–Kier alpha value is -2.96. The molecule has 1 saturated carbocycles. The van der Waals surface area contributed by atoms with Gasteiger partial charge in [0.1, 0.15) is 0 Å². The Morgan fingerprint density at radius 3 is 2.48 bits per heavy atom. The van der Waals surface area contributed by atoms with Crippen LogP contribution >= 0.6 is 0 Å². The van der Waals surface area contributed by atoms with Gasteiger partial charge in [0, 0.05) is 36.1 Å². The van der Waals surface area contributed by atoms with Crippen LogP contribution in [0, 0.1) is 5.92 Å². The molecule has 2 fully saturated rings. The van der Waals surface area contributed by atoms with Crippen molar-refractivity contribution in [2.75, 3.05) is 23.3 Å². The molecule has 2 heterocycles. The summed E-state index contributed by atoms with van der Waals surface area (Å²) in [5, 5.41) is 13.9. The van der Waals surface area contributed by atoms with Crippen LogP contribution in [0.1, 0.15) is 36.5 Å². The number of rotatable bonds is 5. The van der Waals surface area contributed by atoms with Gasteiger partial charge in [-0.05, 0) is 62.6 Å². The van der Waals surface area contributed by atoms with Crippen molar-refractivity contribution < 1.29 is 9.59 Å². The zero-order chi connectivity index (χ0) is 18.9. The van der Waals surface area contributed by atoms with Crippen LogP contribution in [0.5, 0.6) is 0 Å². The van der Waals surface area contributed by atoms with E-state index in [-0.39, 0.29) is 23.3 Å². The molecule has 2 amide bonds. The lowest BCUT2D eigenvalue weighted by atomic mass is 9.78. The minimum atomic E-state index is -0.0754. The summed E-state index contributed by atoms with van der Waals surface area (Å²) < 4.78 is 0. The zero-order valence-corrected chi connectivity index (χ0v) is 15.3. The van der Waals surface area contributed by atoms with Gasteiger partial charge in [-0.2, -0.15) is 5.10 Å². The Morgan fingerprint density at radius 1 is 1.15 bits per heavy atom. The van der Waals surface area contributed by atoms with Gasteiger partial charge in [-0.1, -0.05) is 0 Å². The SMILES string of the molecule is CC1(NC(=O)c2ccc(NC(=O)C3CN(c4cccnn4)C3)cc2)CCC1. The Balaban J connectivity index is 1.28. The summed E-state index contributed by atoms with van der Waals surface area (Å²) >= 11 is 0. The van der Waals surface area contributed by atoms with Crippen LogP contribution in [0.25, 0.3) is 0 Å². The number of benzene rings is 1. The summed E-state index contributed by atoms with van der Waals surface area (Å²) in [6, 6.07) is 10.8. The Labute approximate surface area is 158 Å². The Morgan fingerprint density at radius 2 is 1.89 bits per heavy atom. The fourth-order valence-electron chi connectivity index (χ4n) is 3.42. The number of hydrogen-bond donors (Lipinski definition) is 2. The number of carbonyl (C=O) groups is 2. The maximum absolute atomic E-state index is 12.4. The van der Waals surface area contributed by atoms with Crippen molar-refractivity contribution in [3.8, 4) is 0 Å². The smallest absolute Gasteiger partial charge is 0.251 e. The summed E-state index contributed by atoms with van der Waals surface area (Å²) in [7, 11) is 0. The van der Waals surface area contributed by atoms with Crippen LogP contribution < -0.4 is 15.5 Å². The van der Waals surface area contributed by atoms with E-state index in [1.165, 1.54) is 0 Å². The first-order chi connectivity index (χ1) is 13.0. The second-order valence-electron chi connectivity index (χ2n) is 7.62. The molecule has 1 aromatic carbocycles. The average Bonchev–Trinajstić information content (AvgIpc) is 2.60. The molecule has 140 valence electrons. The molecule has 7 heteroatoms. The third-order valence-corrected chi connectivity index (χ3v) is 5.42. The lowest BCUT2D eigenvalue weighted by Gasteiger charge is -2.39. The van der Waals surface area contributed by atoms with E-state index in [9.17, 15) is 9.59 Å². The van der Waals surface area contributed by atoms with Crippen molar-refractivity contribution >= 4 is 23.3 Å². The van der Waals surface area contributed by atoms with Gasteiger partial charge in [-0.3, -0.25) is 9.59 Å². The normalized spacial score (nSPS) is 18.2. The maximum Gasteiger partial charge on any atom is 0.251 e. The monoisotopic (exact) mass is 365 g/mol. The van der Waals surface area contributed by atoms with Crippen molar-refractivity contribution in [2.24, 2.45) is 5.92 Å². The number of amides is 2. The molecule has 2 aliphatic rings. The number of aromatic nitrogens is 2. The van der Waals surface area contributed by atoms with Crippen molar-refractivity contribution in [1.82, 2.24) is 15.5 Å². The van der Waals surface area contributed by atoms with Gasteiger partial charge in [0.15, 0.2) is 5.82 Å². The molecule has 1 saturated heterocycles. The number of hydrogen-bond acceptors (Lipinski definition) is 5. The molecular formula is C20H23N5O2. The largest absolute Gasteiger partial charge is 0.353 e. The highest BCUT2D eigenvalue weighted by atomic mass is 16.2. The highest BCUT2D eigenvalue weighted by Gasteiger charge is 2.34. The first-order valence-electron chi connectivity index (χ1n) is 9.29. The van der Waals surface area contributed by atoms with Gasteiger partial charge < -0.3 is 15.5 Å². The summed E-state index contributed by atoms with van der Waals surface area (Å²) in [4.78, 5) is 26.7. The summed E-state index contributed by atoms with van der Waals surface area (Å²) in [6.07, 6.45) is 4.85. The quantitative estimate of drug-likeness (QED) is 0.848. The minimum absolute atomic E-state index is 0.0191. The van der Waals surface area contributed by atoms with Crippen molar-refractivity contribution in [3.63, 3.8) is 0 Å². The summed E-state index contributed by atoms with van der Waals surface area (Å²) in [5.41, 5.74) is 1.24. The zero-order valence-electron chi connectivity index (χ0n) is 15.3. The van der Waals surface area contributed by atoms with Gasteiger partial charge in [-0.25, -0.2) is 0 Å². The van der Waals surface area contributed by atoms with E-state index in [0.29, 0.717) is 24.3 Å². The molecule has 7 nitrogen and oxygen atoms in total. The summed E-state index contributed by atoms with van der Waals surface area (Å²) in [6.45, 7) is 3.33. The van der Waals surface area contributed by atoms with E-state index >= 15 is 0 Å². The number of anilines is 2. The third kappa shape index (κ3) is 3.77. The molecule has 0 spiro atoms. The third-order valence-electron chi connectivity index (χ3n) is 5.42. The molecule has 27 heavy (non-hydrogen) atoms. The molecule has 4 rings (SSSR count). The molecule has 2 N–H and O–H groups in total. The van der Waals surface area contributed by atoms with Crippen molar-refractivity contribution in [2.45, 2.75) is 31.7 Å². The van der Waals surface area contributed by atoms with E-state index < -0.39 is 0 Å². The number of nitrogens with one attached hydrogen (secondary N) is 2. The van der Waals surface area contributed by atoms with Gasteiger partial charge >= 0.3 is 0 Å². The van der Waals surface area contributed by atoms with Gasteiger partial charge in [0.05, 0.1) is 5.92 Å². The van der Waals surface area contributed by atoms with Gasteiger partial charge in [0.25, 0.3) is 5.91 Å². The van der Waals surface area contributed by atoms with Crippen LogP contribution in [0.2, 0.25) is 0 Å². The van der Waals surface area contributed by atoms with Crippen LogP contribution in [-0.4, -0.2) is 40.6 Å². The Kier molecular flexibility index (Phi) is 4.51. The van der Waals surface area contributed by atoms with Crippen molar-refractivity contribution in [3.05, 3.63) is 48.2 Å². The van der Waals surface area contributed by atoms with Crippen LogP contribution in [0.4, 0.5) is 11.5 Å². The molecule has 1 aromatic heterocycles. The fourth-order valence-corrected chi connectivity index (χ4v) is 3.42. The maximum atomic E-state index is 12.4. The Bertz CT molecular complexity index is 827. The molecule has 0 bridgehead atoms. The molecule has 0 atom stereocenters. The number of nitrogens with zero attached hydrogens (tertiary/aromatic N) is 3. The standard InChI is InChI=1S/C20H23N5O2/c1-20(9-3-10-20)23-19(27)14-5-7-16(8-6-14)22-18(26)15-12-25(13-15)17-4-2-11-21-24-17/h2,4-8,11,15H,3,9-10,12-13H2,1H3,(H,22,26)(H,23,27). The van der Waals surface area contributed by atoms with Gasteiger partial charge in [-0.15, -0.1) is 5.10 Å². The molecule has 0 unspecified atom stereocenters. The van der Waals surface area contributed by atoms with Crippen LogP contribution in [0.15, 0.2) is 42.6 Å². The van der Waals surface area contributed by atoms with E-state index in [1.807, 2.05) is 17.0 Å². The first-order valence-corrected chi connectivity index (χ1v) is 9.29. The van der Waals surface area contributed by atoms with Gasteiger partial charge in [0.2, 0.25) is 5.91 Å². The fraction of sp³-hybridized carbons (Fsp3) is 0.400. The highest BCUT2D eigenvalue weighted by molar-refractivity contribution is 5.97. The van der Waals surface area contributed by atoms with E-state index in [0.717, 1.165) is 25.1 Å². The van der Waals surface area contributed by atoms with E-state index in [2.05, 4.69) is 27.8 Å². The topological polar surface area (TPSA) is 87.2 Å². The molecule has 0 radical (unpaired) electrons. The lowest BCUT2D eigenvalue weighted by molar-refractivity contribution is -0.120. The predicted molar refractivity (Wildman–Crippen MR) is 103 cm³/mol. The predicted octanol–water partition coefficient (Wildman–Crippen LogP) is 2.22. The average molecular weight is 365 g/mol. The second-order valence-corrected chi connectivity index (χ2v) is 7.62. The highest BCUT2D eigenvalue weighted by Crippen LogP contribution is 2.31. The minimum Gasteiger partial charge on any atom is -0.353 e. The van der Waals surface area contributed by atoms with Crippen LogP contribution in [0.3, 0.4) is 0 Å². The lowest BCUT2D eigenvalue weighted by Crippen LogP contribution is -2.52. The molecular weight excluding hydrogens is 342 g/mol. The molecule has 2 aromatic rings. The van der Waals surface area contributed by atoms with E-state index in [1.54, 1.807) is 30.5 Å². The molecule has 1 aliphatic heterocycles. The van der Waals surface area contributed by atoms with Crippen molar-refractivity contribution in [1.29, 1.82) is 0 Å². The molecule has 1 aliphatic carbocycles. The summed E-state index contributed by atoms with van der Waals surface area (Å²) in [5.74, 6) is 0.633.